The Morgan fingerprint density at radius 1 is 1.19 bits per heavy atom. The van der Waals surface area contributed by atoms with Crippen molar-refractivity contribution in [3.8, 4) is 23.0 Å². The van der Waals surface area contributed by atoms with Gasteiger partial charge in [-0.2, -0.15) is 0 Å². The number of nitrogens with one attached hydrogen (secondary N) is 1. The number of nitrogens with zero attached hydrogens (tertiary/aromatic N) is 2. The van der Waals surface area contributed by atoms with Gasteiger partial charge in [-0.25, -0.2) is 4.98 Å². The number of carbonyl (C=O) groups excluding carboxylic acids is 1. The summed E-state index contributed by atoms with van der Waals surface area (Å²) in [4.78, 5) is 27.1. The lowest BCUT2D eigenvalue weighted by Gasteiger charge is -2.07. The zero-order chi connectivity index (χ0) is 22.0. The summed E-state index contributed by atoms with van der Waals surface area (Å²) in [5, 5.41) is 23.3. The average Bonchev–Trinajstić information content (AvgIpc) is 3.17. The number of oxazole rings is 1. The predicted molar refractivity (Wildman–Crippen MR) is 116 cm³/mol. The SMILES string of the molecule is O=C(COc1ccccc1[N+](=O)[O-])Nc1ccc2oc(-c3ccc(O)c(Br)c3)nc2c1. The van der Waals surface area contributed by atoms with Crippen molar-refractivity contribution >= 4 is 44.3 Å². The van der Waals surface area contributed by atoms with Crippen molar-refractivity contribution < 1.29 is 24.0 Å². The van der Waals surface area contributed by atoms with Crippen LogP contribution in [-0.2, 0) is 4.79 Å². The molecule has 0 radical (unpaired) electrons. The summed E-state index contributed by atoms with van der Waals surface area (Å²) in [5.74, 6) is -0.00482. The number of carbonyl (C=O) groups is 1. The highest BCUT2D eigenvalue weighted by Crippen LogP contribution is 2.31. The number of benzene rings is 3. The number of aromatic nitrogens is 1. The quantitative estimate of drug-likeness (QED) is 0.295. The molecule has 0 spiro atoms. The number of ether oxygens (including phenoxy) is 1. The van der Waals surface area contributed by atoms with Gasteiger partial charge in [-0.1, -0.05) is 12.1 Å². The van der Waals surface area contributed by atoms with Crippen LogP contribution in [0.25, 0.3) is 22.6 Å². The molecule has 10 heteroatoms. The van der Waals surface area contributed by atoms with E-state index < -0.39 is 17.4 Å². The number of para-hydroxylation sites is 2. The first-order valence-corrected chi connectivity index (χ1v) is 9.75. The summed E-state index contributed by atoms with van der Waals surface area (Å²) in [6.07, 6.45) is 0. The molecule has 31 heavy (non-hydrogen) atoms. The molecule has 0 saturated heterocycles. The Morgan fingerprint density at radius 2 is 2.00 bits per heavy atom. The second kappa shape index (κ2) is 8.44. The molecule has 4 rings (SSSR count). The number of halogens is 1. The second-order valence-electron chi connectivity index (χ2n) is 6.43. The van der Waals surface area contributed by atoms with Crippen molar-refractivity contribution in [1.29, 1.82) is 0 Å². The normalized spacial score (nSPS) is 10.7. The Morgan fingerprint density at radius 3 is 2.77 bits per heavy atom. The number of phenols is 1. The number of rotatable bonds is 6. The molecule has 0 aliphatic rings. The zero-order valence-corrected chi connectivity index (χ0v) is 17.3. The van der Waals surface area contributed by atoms with Crippen molar-refractivity contribution in [1.82, 2.24) is 4.98 Å². The molecule has 0 bridgehead atoms. The van der Waals surface area contributed by atoms with Crippen molar-refractivity contribution in [3.63, 3.8) is 0 Å². The molecule has 2 N–H and O–H groups in total. The van der Waals surface area contributed by atoms with Crippen LogP contribution < -0.4 is 10.1 Å². The lowest BCUT2D eigenvalue weighted by Crippen LogP contribution is -2.20. The van der Waals surface area contributed by atoms with Crippen LogP contribution in [0.5, 0.6) is 11.5 Å². The Labute approximate surface area is 183 Å². The maximum absolute atomic E-state index is 12.2. The number of phenolic OH excluding ortho intramolecular Hbond substituents is 1. The van der Waals surface area contributed by atoms with Gasteiger partial charge in [0, 0.05) is 17.3 Å². The van der Waals surface area contributed by atoms with Crippen LogP contribution in [0.2, 0.25) is 0 Å². The van der Waals surface area contributed by atoms with Crippen LogP contribution in [0.4, 0.5) is 11.4 Å². The van der Waals surface area contributed by atoms with Crippen LogP contribution >= 0.6 is 15.9 Å². The number of aromatic hydroxyl groups is 1. The number of anilines is 1. The van der Waals surface area contributed by atoms with Gasteiger partial charge in [-0.15, -0.1) is 0 Å². The molecule has 1 aromatic heterocycles. The van der Waals surface area contributed by atoms with Gasteiger partial charge in [0.2, 0.25) is 5.89 Å². The zero-order valence-electron chi connectivity index (χ0n) is 15.7. The highest BCUT2D eigenvalue weighted by Gasteiger charge is 2.16. The molecule has 0 fully saturated rings. The van der Waals surface area contributed by atoms with E-state index in [1.807, 2.05) is 0 Å². The van der Waals surface area contributed by atoms with Crippen molar-refractivity contribution in [2.45, 2.75) is 0 Å². The Balaban J connectivity index is 1.47. The second-order valence-corrected chi connectivity index (χ2v) is 7.28. The summed E-state index contributed by atoms with van der Waals surface area (Å²) in [5.41, 5.74) is 1.97. The van der Waals surface area contributed by atoms with E-state index in [1.54, 1.807) is 36.4 Å². The van der Waals surface area contributed by atoms with Crippen LogP contribution in [0.15, 0.2) is 69.6 Å². The highest BCUT2D eigenvalue weighted by molar-refractivity contribution is 9.10. The maximum atomic E-state index is 12.2. The molecule has 156 valence electrons. The molecule has 1 amide bonds. The monoisotopic (exact) mass is 483 g/mol. The minimum absolute atomic E-state index is 0.0132. The Bertz CT molecular complexity index is 1300. The summed E-state index contributed by atoms with van der Waals surface area (Å²) in [7, 11) is 0. The minimum atomic E-state index is -0.573. The molecule has 0 saturated carbocycles. The summed E-state index contributed by atoms with van der Waals surface area (Å²) in [6, 6.07) is 15.7. The van der Waals surface area contributed by atoms with E-state index in [-0.39, 0.29) is 17.2 Å². The third-order valence-electron chi connectivity index (χ3n) is 4.29. The number of amides is 1. The highest BCUT2D eigenvalue weighted by atomic mass is 79.9. The molecule has 3 aromatic carbocycles. The minimum Gasteiger partial charge on any atom is -0.507 e. The standard InChI is InChI=1S/C21H14BrN3O6/c22-14-9-12(5-7-17(14)26)21-24-15-10-13(6-8-18(15)31-21)23-20(27)11-30-19-4-2-1-3-16(19)25(28)29/h1-10,26H,11H2,(H,23,27). The lowest BCUT2D eigenvalue weighted by atomic mass is 10.2. The van der Waals surface area contributed by atoms with E-state index >= 15 is 0 Å². The van der Waals surface area contributed by atoms with Gasteiger partial charge in [0.25, 0.3) is 5.91 Å². The molecular formula is C21H14BrN3O6. The predicted octanol–water partition coefficient (Wildman–Crippen LogP) is 4.89. The van der Waals surface area contributed by atoms with Crippen LogP contribution in [-0.4, -0.2) is 27.5 Å². The first-order chi connectivity index (χ1) is 14.9. The van der Waals surface area contributed by atoms with Crippen LogP contribution in [0.1, 0.15) is 0 Å². The third-order valence-corrected chi connectivity index (χ3v) is 4.92. The molecule has 0 atom stereocenters. The van der Waals surface area contributed by atoms with Crippen molar-refractivity contribution in [2.24, 2.45) is 0 Å². The van der Waals surface area contributed by atoms with E-state index in [2.05, 4.69) is 26.2 Å². The largest absolute Gasteiger partial charge is 0.507 e. The molecule has 0 aliphatic heterocycles. The summed E-state index contributed by atoms with van der Waals surface area (Å²) < 4.78 is 11.5. The maximum Gasteiger partial charge on any atom is 0.310 e. The fraction of sp³-hybridized carbons (Fsp3) is 0.0476. The van der Waals surface area contributed by atoms with E-state index in [9.17, 15) is 20.0 Å². The Hall–Kier alpha value is -3.92. The number of nitro benzene ring substituents is 1. The molecule has 0 unspecified atom stereocenters. The van der Waals surface area contributed by atoms with Gasteiger partial charge in [-0.05, 0) is 58.4 Å². The molecule has 1 heterocycles. The van der Waals surface area contributed by atoms with Crippen molar-refractivity contribution in [3.05, 3.63) is 75.3 Å². The summed E-state index contributed by atoms with van der Waals surface area (Å²) in [6.45, 7) is -0.394. The van der Waals surface area contributed by atoms with Crippen LogP contribution in [0, 0.1) is 10.1 Å². The smallest absolute Gasteiger partial charge is 0.310 e. The lowest BCUT2D eigenvalue weighted by molar-refractivity contribution is -0.385. The fourth-order valence-corrected chi connectivity index (χ4v) is 3.22. The van der Waals surface area contributed by atoms with Gasteiger partial charge in [-0.3, -0.25) is 14.9 Å². The van der Waals surface area contributed by atoms with Crippen LogP contribution in [0.3, 0.4) is 0 Å². The van der Waals surface area contributed by atoms with E-state index in [0.717, 1.165) is 0 Å². The first-order valence-electron chi connectivity index (χ1n) is 8.96. The number of fused-ring (bicyclic) bond motifs is 1. The van der Waals surface area contributed by atoms with E-state index in [1.165, 1.54) is 24.3 Å². The van der Waals surface area contributed by atoms with Gasteiger partial charge < -0.3 is 19.6 Å². The van der Waals surface area contributed by atoms with Gasteiger partial charge in [0.1, 0.15) is 11.3 Å². The van der Waals surface area contributed by atoms with E-state index in [4.69, 9.17) is 9.15 Å². The number of hydrogen-bond acceptors (Lipinski definition) is 7. The molecule has 4 aromatic rings. The summed E-state index contributed by atoms with van der Waals surface area (Å²) >= 11 is 3.25. The number of hydrogen-bond donors (Lipinski definition) is 2. The molecule has 0 aliphatic carbocycles. The van der Waals surface area contributed by atoms with Crippen molar-refractivity contribution in [2.75, 3.05) is 11.9 Å². The van der Waals surface area contributed by atoms with E-state index in [0.29, 0.717) is 32.7 Å². The fourth-order valence-electron chi connectivity index (χ4n) is 2.84. The average molecular weight is 484 g/mol. The van der Waals surface area contributed by atoms with Gasteiger partial charge in [0.15, 0.2) is 17.9 Å². The third kappa shape index (κ3) is 4.48. The van der Waals surface area contributed by atoms with Gasteiger partial charge in [0.05, 0.1) is 9.40 Å². The topological polar surface area (TPSA) is 128 Å². The number of nitro groups is 1. The molecule has 9 nitrogen and oxygen atoms in total. The molecular weight excluding hydrogens is 470 g/mol. The van der Waals surface area contributed by atoms with Gasteiger partial charge >= 0.3 is 5.69 Å². The first kappa shape index (κ1) is 20.4. The Kier molecular flexibility index (Phi) is 5.54.